The smallest absolute Gasteiger partial charge is 0.331 e. The molecular weight excluding hydrogens is 427 g/mol. The molecule has 162 valence electrons. The maximum atomic E-state index is 14.4. The highest BCUT2D eigenvalue weighted by Crippen LogP contribution is 2.31. The summed E-state index contributed by atoms with van der Waals surface area (Å²) in [6.45, 7) is 5.84. The summed E-state index contributed by atoms with van der Waals surface area (Å²) in [5.41, 5.74) is 3.72. The fourth-order valence-corrected chi connectivity index (χ4v) is 4.03. The zero-order chi connectivity index (χ0) is 23.0. The quantitative estimate of drug-likeness (QED) is 0.139. The molecule has 0 aliphatic heterocycles. The highest BCUT2D eigenvalue weighted by atomic mass is 32.1. The molecule has 1 heterocycles. The summed E-state index contributed by atoms with van der Waals surface area (Å²) >= 11 is 4.12. The SMILES string of the molecule is CCn1c2ccc(C(=O)c3ccc(S)cc3F)cc2c2cc(/C(C)=N\OC(C)=O)ccc21. The molecule has 4 rings (SSSR count). The van der Waals surface area contributed by atoms with Crippen LogP contribution in [0.3, 0.4) is 0 Å². The van der Waals surface area contributed by atoms with Gasteiger partial charge >= 0.3 is 5.97 Å². The number of carbonyl (C=O) groups is 2. The molecule has 0 radical (unpaired) electrons. The van der Waals surface area contributed by atoms with Crippen molar-refractivity contribution in [1.82, 2.24) is 4.57 Å². The lowest BCUT2D eigenvalue weighted by molar-refractivity contribution is -0.140. The standard InChI is InChI=1S/C25H21FN2O3S/c1-4-28-23-9-5-16(14(2)27-31-15(3)29)11-20(23)21-12-17(6-10-24(21)28)25(30)19-8-7-18(32)13-22(19)26/h5-13,32H,4H2,1-3H3/b27-14-. The van der Waals surface area contributed by atoms with Gasteiger partial charge in [-0.05, 0) is 67.9 Å². The number of ketones is 1. The Kier molecular flexibility index (Phi) is 5.84. The van der Waals surface area contributed by atoms with Gasteiger partial charge in [-0.15, -0.1) is 12.6 Å². The number of aryl methyl sites for hydroxylation is 1. The van der Waals surface area contributed by atoms with E-state index in [1.54, 1.807) is 25.1 Å². The van der Waals surface area contributed by atoms with Crippen LogP contribution in [0.4, 0.5) is 4.39 Å². The van der Waals surface area contributed by atoms with Gasteiger partial charge in [0, 0.05) is 45.7 Å². The molecule has 0 aliphatic rings. The number of benzene rings is 3. The Morgan fingerprint density at radius 3 is 2.19 bits per heavy atom. The number of carbonyl (C=O) groups excluding carboxylic acids is 2. The van der Waals surface area contributed by atoms with E-state index in [1.165, 1.54) is 19.1 Å². The predicted octanol–water partition coefficient (Wildman–Crippen LogP) is 5.76. The Hall–Kier alpha value is -3.45. The van der Waals surface area contributed by atoms with E-state index >= 15 is 0 Å². The zero-order valence-electron chi connectivity index (χ0n) is 17.8. The second kappa shape index (κ2) is 8.59. The molecular formula is C25H21FN2O3S. The first-order valence-corrected chi connectivity index (χ1v) is 10.6. The van der Waals surface area contributed by atoms with Crippen molar-refractivity contribution in [2.75, 3.05) is 0 Å². The fourth-order valence-electron chi connectivity index (χ4n) is 3.84. The number of nitrogens with zero attached hydrogens (tertiary/aromatic N) is 2. The minimum atomic E-state index is -0.599. The molecule has 0 aliphatic carbocycles. The van der Waals surface area contributed by atoms with Crippen molar-refractivity contribution in [3.63, 3.8) is 0 Å². The maximum absolute atomic E-state index is 14.4. The molecule has 0 unspecified atom stereocenters. The number of aromatic nitrogens is 1. The normalized spacial score (nSPS) is 11.8. The monoisotopic (exact) mass is 448 g/mol. The fraction of sp³-hybridized carbons (Fsp3) is 0.160. The van der Waals surface area contributed by atoms with Crippen LogP contribution in [-0.2, 0) is 16.2 Å². The lowest BCUT2D eigenvalue weighted by atomic mass is 10.00. The van der Waals surface area contributed by atoms with E-state index in [2.05, 4.69) is 22.4 Å². The molecule has 0 amide bonds. The Morgan fingerprint density at radius 2 is 1.59 bits per heavy atom. The Labute approximate surface area is 189 Å². The van der Waals surface area contributed by atoms with Crippen LogP contribution in [0, 0.1) is 5.82 Å². The second-order valence-electron chi connectivity index (χ2n) is 7.46. The van der Waals surface area contributed by atoms with Crippen LogP contribution in [-0.4, -0.2) is 22.0 Å². The van der Waals surface area contributed by atoms with Crippen LogP contribution in [0.25, 0.3) is 21.8 Å². The number of oxime groups is 1. The third-order valence-electron chi connectivity index (χ3n) is 5.37. The van der Waals surface area contributed by atoms with Crippen molar-refractivity contribution in [2.24, 2.45) is 5.16 Å². The number of hydrogen-bond acceptors (Lipinski definition) is 5. The number of hydrogen-bond donors (Lipinski definition) is 1. The summed E-state index contributed by atoms with van der Waals surface area (Å²) in [6.07, 6.45) is 0. The van der Waals surface area contributed by atoms with Gasteiger partial charge in [0.2, 0.25) is 0 Å². The molecule has 0 N–H and O–H groups in total. The van der Waals surface area contributed by atoms with Crippen molar-refractivity contribution in [1.29, 1.82) is 0 Å². The van der Waals surface area contributed by atoms with Gasteiger partial charge in [0.15, 0.2) is 5.78 Å². The Balaban J connectivity index is 1.87. The summed E-state index contributed by atoms with van der Waals surface area (Å²) in [7, 11) is 0. The van der Waals surface area contributed by atoms with Gasteiger partial charge in [-0.1, -0.05) is 11.2 Å². The predicted molar refractivity (Wildman–Crippen MR) is 126 cm³/mol. The number of thiol groups is 1. The minimum Gasteiger partial charge on any atom is -0.341 e. The highest BCUT2D eigenvalue weighted by molar-refractivity contribution is 7.80. The topological polar surface area (TPSA) is 60.7 Å². The average molecular weight is 449 g/mol. The van der Waals surface area contributed by atoms with Gasteiger partial charge in [-0.3, -0.25) is 4.79 Å². The van der Waals surface area contributed by atoms with Crippen LogP contribution in [0.15, 0.2) is 64.6 Å². The second-order valence-corrected chi connectivity index (χ2v) is 7.98. The van der Waals surface area contributed by atoms with Crippen molar-refractivity contribution in [2.45, 2.75) is 32.2 Å². The van der Waals surface area contributed by atoms with Crippen LogP contribution in [0.1, 0.15) is 42.3 Å². The lowest BCUT2D eigenvalue weighted by Crippen LogP contribution is -2.04. The first-order chi connectivity index (χ1) is 15.3. The van der Waals surface area contributed by atoms with E-state index in [-0.39, 0.29) is 11.3 Å². The molecule has 1 aromatic heterocycles. The van der Waals surface area contributed by atoms with Gasteiger partial charge in [0.05, 0.1) is 11.3 Å². The van der Waals surface area contributed by atoms with Crippen LogP contribution < -0.4 is 0 Å². The first kappa shape index (κ1) is 21.8. The molecule has 0 atom stereocenters. The molecule has 0 bridgehead atoms. The van der Waals surface area contributed by atoms with E-state index in [0.717, 1.165) is 33.9 Å². The highest BCUT2D eigenvalue weighted by Gasteiger charge is 2.17. The molecule has 0 saturated heterocycles. The molecule has 0 saturated carbocycles. The van der Waals surface area contributed by atoms with E-state index in [9.17, 15) is 14.0 Å². The maximum Gasteiger partial charge on any atom is 0.331 e. The van der Waals surface area contributed by atoms with Gasteiger partial charge in [-0.2, -0.15) is 0 Å². The molecule has 0 fully saturated rings. The summed E-state index contributed by atoms with van der Waals surface area (Å²) in [5, 5.41) is 5.67. The van der Waals surface area contributed by atoms with Gasteiger partial charge in [0.25, 0.3) is 0 Å². The summed E-state index contributed by atoms with van der Waals surface area (Å²) in [5.74, 6) is -1.48. The minimum absolute atomic E-state index is 0.00595. The third-order valence-corrected chi connectivity index (χ3v) is 5.65. The largest absolute Gasteiger partial charge is 0.341 e. The summed E-state index contributed by atoms with van der Waals surface area (Å²) in [4.78, 5) is 29.3. The Bertz CT molecular complexity index is 1420. The van der Waals surface area contributed by atoms with Crippen molar-refractivity contribution in [3.8, 4) is 0 Å². The van der Waals surface area contributed by atoms with Gasteiger partial charge < -0.3 is 9.40 Å². The molecule has 4 aromatic rings. The van der Waals surface area contributed by atoms with Crippen molar-refractivity contribution in [3.05, 3.63) is 77.1 Å². The Morgan fingerprint density at radius 1 is 0.969 bits per heavy atom. The third kappa shape index (κ3) is 3.91. The summed E-state index contributed by atoms with van der Waals surface area (Å²) in [6, 6.07) is 15.5. The molecule has 5 nitrogen and oxygen atoms in total. The number of rotatable bonds is 5. The molecule has 3 aromatic carbocycles. The average Bonchev–Trinajstić information content (AvgIpc) is 3.09. The van der Waals surface area contributed by atoms with E-state index in [0.29, 0.717) is 16.2 Å². The molecule has 32 heavy (non-hydrogen) atoms. The molecule has 0 spiro atoms. The van der Waals surface area contributed by atoms with Crippen LogP contribution in [0.2, 0.25) is 0 Å². The van der Waals surface area contributed by atoms with Gasteiger partial charge in [0.1, 0.15) is 5.82 Å². The number of fused-ring (bicyclic) bond motifs is 3. The lowest BCUT2D eigenvalue weighted by Gasteiger charge is -2.05. The first-order valence-electron chi connectivity index (χ1n) is 10.1. The van der Waals surface area contributed by atoms with E-state index in [1.807, 2.05) is 31.2 Å². The number of halogens is 1. The molecule has 7 heteroatoms. The van der Waals surface area contributed by atoms with Crippen LogP contribution in [0.5, 0.6) is 0 Å². The summed E-state index contributed by atoms with van der Waals surface area (Å²) < 4.78 is 16.5. The van der Waals surface area contributed by atoms with Crippen LogP contribution >= 0.6 is 12.6 Å². The van der Waals surface area contributed by atoms with E-state index < -0.39 is 11.8 Å². The van der Waals surface area contributed by atoms with E-state index in [4.69, 9.17) is 4.84 Å². The van der Waals surface area contributed by atoms with Crippen molar-refractivity contribution < 1.29 is 18.8 Å². The van der Waals surface area contributed by atoms with Gasteiger partial charge in [-0.25, -0.2) is 9.18 Å². The zero-order valence-corrected chi connectivity index (χ0v) is 18.7. The van der Waals surface area contributed by atoms with Crippen molar-refractivity contribution >= 4 is 51.9 Å².